The highest BCUT2D eigenvalue weighted by Crippen LogP contribution is 2.44. The van der Waals surface area contributed by atoms with Crippen molar-refractivity contribution in [2.45, 2.75) is 44.2 Å². The number of nitrogens with zero attached hydrogens (tertiary/aromatic N) is 1. The van der Waals surface area contributed by atoms with Crippen molar-refractivity contribution in [1.29, 1.82) is 0 Å². The van der Waals surface area contributed by atoms with Gasteiger partial charge in [0.15, 0.2) is 0 Å². The van der Waals surface area contributed by atoms with Crippen molar-refractivity contribution in [3.63, 3.8) is 0 Å². The normalized spacial score (nSPS) is 21.6. The molecule has 0 radical (unpaired) electrons. The minimum atomic E-state index is -0.338. The maximum absolute atomic E-state index is 10.6. The summed E-state index contributed by atoms with van der Waals surface area (Å²) in [5.41, 5.74) is 1.06. The molecule has 2 nitrogen and oxygen atoms in total. The van der Waals surface area contributed by atoms with E-state index in [9.17, 15) is 5.11 Å². The van der Waals surface area contributed by atoms with Crippen molar-refractivity contribution < 1.29 is 5.11 Å². The van der Waals surface area contributed by atoms with Gasteiger partial charge in [-0.25, -0.2) is 0 Å². The molecule has 3 heteroatoms. The van der Waals surface area contributed by atoms with E-state index in [-0.39, 0.29) is 11.6 Å². The fraction of sp³-hybridized carbons (Fsp3) is 0.692. The molecule has 1 aliphatic rings. The standard InChI is InChI=1S/C13H21NOS/c1-10-8-11(9-16-10)12(15)13(14(2)3)6-4-5-7-13/h8-9,12,15H,4-7H2,1-3H3. The van der Waals surface area contributed by atoms with Gasteiger partial charge in [-0.3, -0.25) is 0 Å². The summed E-state index contributed by atoms with van der Waals surface area (Å²) in [7, 11) is 4.18. The van der Waals surface area contributed by atoms with Crippen LogP contribution in [0.25, 0.3) is 0 Å². The van der Waals surface area contributed by atoms with Gasteiger partial charge >= 0.3 is 0 Å². The van der Waals surface area contributed by atoms with Gasteiger partial charge in [0.05, 0.1) is 11.6 Å². The van der Waals surface area contributed by atoms with Gasteiger partial charge in [0.2, 0.25) is 0 Å². The number of hydrogen-bond donors (Lipinski definition) is 1. The van der Waals surface area contributed by atoms with E-state index in [1.807, 2.05) is 0 Å². The highest BCUT2D eigenvalue weighted by Gasteiger charge is 2.43. The van der Waals surface area contributed by atoms with Crippen molar-refractivity contribution in [3.8, 4) is 0 Å². The number of aliphatic hydroxyl groups excluding tert-OH is 1. The zero-order valence-corrected chi connectivity index (χ0v) is 11.2. The SMILES string of the molecule is Cc1cc(C(O)C2(N(C)C)CCCC2)cs1. The van der Waals surface area contributed by atoms with Crippen LogP contribution >= 0.6 is 11.3 Å². The van der Waals surface area contributed by atoms with Crippen molar-refractivity contribution in [3.05, 3.63) is 21.9 Å². The Bertz CT molecular complexity index is 353. The Morgan fingerprint density at radius 2 is 2.00 bits per heavy atom. The lowest BCUT2D eigenvalue weighted by atomic mass is 9.85. The van der Waals surface area contributed by atoms with Gasteiger partial charge in [0.25, 0.3) is 0 Å². The molecule has 1 unspecified atom stereocenters. The Hall–Kier alpha value is -0.380. The molecule has 0 aliphatic heterocycles. The van der Waals surface area contributed by atoms with Gasteiger partial charge in [-0.2, -0.15) is 0 Å². The van der Waals surface area contributed by atoms with Crippen LogP contribution in [0, 0.1) is 6.92 Å². The first kappa shape index (κ1) is 12.1. The molecule has 1 N–H and O–H groups in total. The summed E-state index contributed by atoms with van der Waals surface area (Å²) in [5.74, 6) is 0. The monoisotopic (exact) mass is 239 g/mol. The second-order valence-electron chi connectivity index (χ2n) is 5.10. The first-order valence-corrected chi connectivity index (χ1v) is 6.85. The second kappa shape index (κ2) is 4.47. The number of aliphatic hydroxyl groups is 1. The smallest absolute Gasteiger partial charge is 0.0981 e. The van der Waals surface area contributed by atoms with E-state index in [2.05, 4.69) is 37.4 Å². The van der Waals surface area contributed by atoms with Crippen LogP contribution in [0.5, 0.6) is 0 Å². The first-order valence-electron chi connectivity index (χ1n) is 5.97. The Labute approximate surface area is 102 Å². The Morgan fingerprint density at radius 1 is 1.38 bits per heavy atom. The van der Waals surface area contributed by atoms with Crippen molar-refractivity contribution in [2.24, 2.45) is 0 Å². The highest BCUT2D eigenvalue weighted by atomic mass is 32.1. The molecule has 1 saturated carbocycles. The lowest BCUT2D eigenvalue weighted by molar-refractivity contribution is -0.00451. The van der Waals surface area contributed by atoms with Gasteiger partial charge in [-0.1, -0.05) is 12.8 Å². The molecule has 0 bridgehead atoms. The average Bonchev–Trinajstić information content (AvgIpc) is 2.85. The highest BCUT2D eigenvalue weighted by molar-refractivity contribution is 7.10. The number of aryl methyl sites for hydroxylation is 1. The number of likely N-dealkylation sites (N-methyl/N-ethyl adjacent to an activating group) is 1. The van der Waals surface area contributed by atoms with E-state index in [0.717, 1.165) is 18.4 Å². The minimum absolute atomic E-state index is 0.0342. The Balaban J connectivity index is 2.27. The molecule has 0 aromatic carbocycles. The van der Waals surface area contributed by atoms with Gasteiger partial charge in [0.1, 0.15) is 0 Å². The van der Waals surface area contributed by atoms with Crippen LogP contribution in [-0.2, 0) is 0 Å². The topological polar surface area (TPSA) is 23.5 Å². The summed E-state index contributed by atoms with van der Waals surface area (Å²) in [4.78, 5) is 3.50. The quantitative estimate of drug-likeness (QED) is 0.876. The second-order valence-corrected chi connectivity index (χ2v) is 6.21. The van der Waals surface area contributed by atoms with Gasteiger partial charge < -0.3 is 10.0 Å². The zero-order valence-electron chi connectivity index (χ0n) is 10.4. The maximum atomic E-state index is 10.6. The summed E-state index contributed by atoms with van der Waals surface area (Å²) in [6.07, 6.45) is 4.35. The maximum Gasteiger partial charge on any atom is 0.0981 e. The predicted molar refractivity (Wildman–Crippen MR) is 68.9 cm³/mol. The third-order valence-electron chi connectivity index (χ3n) is 3.94. The summed E-state index contributed by atoms with van der Waals surface area (Å²) < 4.78 is 0. The Morgan fingerprint density at radius 3 is 2.44 bits per heavy atom. The van der Waals surface area contributed by atoms with Crippen LogP contribution in [-0.4, -0.2) is 29.6 Å². The zero-order chi connectivity index (χ0) is 11.8. The molecule has 1 aliphatic carbocycles. The first-order chi connectivity index (χ1) is 7.56. The van der Waals surface area contributed by atoms with Crippen molar-refractivity contribution >= 4 is 11.3 Å². The van der Waals surface area contributed by atoms with E-state index in [1.165, 1.54) is 17.7 Å². The molecule has 1 aromatic heterocycles. The van der Waals surface area contributed by atoms with Gasteiger partial charge in [-0.05, 0) is 50.9 Å². The minimum Gasteiger partial charge on any atom is -0.386 e. The van der Waals surface area contributed by atoms with Crippen LogP contribution in [0.3, 0.4) is 0 Å². The van der Waals surface area contributed by atoms with Crippen molar-refractivity contribution in [1.82, 2.24) is 4.90 Å². The summed E-state index contributed by atoms with van der Waals surface area (Å²) in [6, 6.07) is 2.12. The molecular formula is C13H21NOS. The third-order valence-corrected chi connectivity index (χ3v) is 4.82. The van der Waals surface area contributed by atoms with E-state index < -0.39 is 0 Å². The fourth-order valence-electron chi connectivity index (χ4n) is 2.87. The molecule has 1 atom stereocenters. The number of hydrogen-bond acceptors (Lipinski definition) is 3. The summed E-state index contributed by atoms with van der Waals surface area (Å²) in [5, 5.41) is 12.7. The number of rotatable bonds is 3. The van der Waals surface area contributed by atoms with Gasteiger partial charge in [0, 0.05) is 4.88 Å². The van der Waals surface area contributed by atoms with E-state index in [0.29, 0.717) is 0 Å². The molecule has 16 heavy (non-hydrogen) atoms. The Kier molecular flexibility index (Phi) is 3.38. The molecule has 90 valence electrons. The van der Waals surface area contributed by atoms with Gasteiger partial charge in [-0.15, -0.1) is 11.3 Å². The lowest BCUT2D eigenvalue weighted by Gasteiger charge is -2.40. The van der Waals surface area contributed by atoms with Crippen LogP contribution in [0.4, 0.5) is 0 Å². The molecule has 1 fully saturated rings. The van der Waals surface area contributed by atoms with E-state index in [1.54, 1.807) is 11.3 Å². The largest absolute Gasteiger partial charge is 0.386 e. The van der Waals surface area contributed by atoms with Crippen LogP contribution in [0.15, 0.2) is 11.4 Å². The van der Waals surface area contributed by atoms with E-state index >= 15 is 0 Å². The average molecular weight is 239 g/mol. The molecule has 1 heterocycles. The van der Waals surface area contributed by atoms with E-state index in [4.69, 9.17) is 0 Å². The number of thiophene rings is 1. The fourth-order valence-corrected chi connectivity index (χ4v) is 3.59. The van der Waals surface area contributed by atoms with Crippen LogP contribution in [0.2, 0.25) is 0 Å². The lowest BCUT2D eigenvalue weighted by Crippen LogP contribution is -2.46. The molecule has 1 aromatic rings. The molecule has 2 rings (SSSR count). The molecule has 0 amide bonds. The third kappa shape index (κ3) is 1.92. The summed E-state index contributed by atoms with van der Waals surface area (Å²) in [6.45, 7) is 2.10. The predicted octanol–water partition coefficient (Wildman–Crippen LogP) is 2.96. The molecular weight excluding hydrogens is 218 g/mol. The summed E-state index contributed by atoms with van der Waals surface area (Å²) >= 11 is 1.72. The molecule has 0 spiro atoms. The van der Waals surface area contributed by atoms with Crippen molar-refractivity contribution in [2.75, 3.05) is 14.1 Å². The molecule has 0 saturated heterocycles. The van der Waals surface area contributed by atoms with Crippen LogP contribution in [0.1, 0.15) is 42.2 Å². The van der Waals surface area contributed by atoms with Crippen LogP contribution < -0.4 is 0 Å².